The van der Waals surface area contributed by atoms with Gasteiger partial charge >= 0.3 is 0 Å². The number of hydrogen-bond acceptors (Lipinski definition) is 3. The van der Waals surface area contributed by atoms with E-state index in [-0.39, 0.29) is 24.0 Å². The lowest BCUT2D eigenvalue weighted by Gasteiger charge is -2.23. The van der Waals surface area contributed by atoms with E-state index in [9.17, 15) is 0 Å². The van der Waals surface area contributed by atoms with Crippen molar-refractivity contribution in [2.75, 3.05) is 19.6 Å². The van der Waals surface area contributed by atoms with Crippen molar-refractivity contribution in [1.82, 2.24) is 15.2 Å². The van der Waals surface area contributed by atoms with Crippen LogP contribution in [-0.2, 0) is 6.54 Å². The molecule has 6 heteroatoms. The molecule has 21 heavy (non-hydrogen) atoms. The number of nitrogens with zero attached hydrogens (tertiary/aromatic N) is 3. The molecule has 0 aliphatic carbocycles. The molecule has 1 aliphatic rings. The van der Waals surface area contributed by atoms with Gasteiger partial charge in [0.1, 0.15) is 0 Å². The summed E-state index contributed by atoms with van der Waals surface area (Å²) in [5.74, 6) is 0.510. The zero-order valence-corrected chi connectivity index (χ0v) is 15.2. The molecule has 3 N–H and O–H groups in total. The van der Waals surface area contributed by atoms with Crippen LogP contribution in [0.15, 0.2) is 23.2 Å². The van der Waals surface area contributed by atoms with Gasteiger partial charge in [0.05, 0.1) is 12.2 Å². The second kappa shape index (κ2) is 9.19. The number of aliphatic imine (C=N–C) groups is 1. The third kappa shape index (κ3) is 5.78. The lowest BCUT2D eigenvalue weighted by Crippen LogP contribution is -2.42. The molecule has 2 heterocycles. The average molecular weight is 403 g/mol. The first-order chi connectivity index (χ1) is 9.69. The third-order valence-corrected chi connectivity index (χ3v) is 3.78. The Morgan fingerprint density at radius 1 is 1.52 bits per heavy atom. The predicted octanol–water partition coefficient (Wildman–Crippen LogP) is 1.90. The van der Waals surface area contributed by atoms with Crippen LogP contribution in [0.2, 0.25) is 0 Å². The fraction of sp³-hybridized carbons (Fsp3) is 0.600. The first-order valence-corrected chi connectivity index (χ1v) is 7.39. The highest BCUT2D eigenvalue weighted by molar-refractivity contribution is 14.0. The molecule has 0 radical (unpaired) electrons. The number of likely N-dealkylation sites (tertiary alicyclic amines) is 1. The monoisotopic (exact) mass is 403 g/mol. The Labute approximate surface area is 144 Å². The number of nitrogens with two attached hydrogens (primary N) is 1. The Balaban J connectivity index is 0.00000220. The Morgan fingerprint density at radius 2 is 2.33 bits per heavy atom. The summed E-state index contributed by atoms with van der Waals surface area (Å²) in [5.41, 5.74) is 7.88. The quantitative estimate of drug-likeness (QED) is 0.448. The second-order valence-electron chi connectivity index (χ2n) is 5.28. The van der Waals surface area contributed by atoms with E-state index in [0.29, 0.717) is 18.5 Å². The highest BCUT2D eigenvalue weighted by Gasteiger charge is 2.22. The van der Waals surface area contributed by atoms with Gasteiger partial charge in [0.2, 0.25) is 0 Å². The Morgan fingerprint density at radius 3 is 3.05 bits per heavy atom. The van der Waals surface area contributed by atoms with Gasteiger partial charge < -0.3 is 11.1 Å². The van der Waals surface area contributed by atoms with E-state index < -0.39 is 0 Å². The molecule has 0 amide bonds. The topological polar surface area (TPSA) is 66.5 Å². The number of likely N-dealkylation sites (N-methyl/N-ethyl adjacent to an activating group) is 1. The smallest absolute Gasteiger partial charge is 0.189 e. The number of aryl methyl sites for hydroxylation is 1. The summed E-state index contributed by atoms with van der Waals surface area (Å²) < 4.78 is 0. The van der Waals surface area contributed by atoms with Gasteiger partial charge in [-0.25, -0.2) is 4.99 Å². The molecule has 0 aromatic carbocycles. The number of pyridine rings is 1. The molecule has 0 spiro atoms. The molecular weight excluding hydrogens is 377 g/mol. The van der Waals surface area contributed by atoms with Crippen molar-refractivity contribution in [3.05, 3.63) is 29.6 Å². The van der Waals surface area contributed by atoms with Crippen LogP contribution in [0, 0.1) is 6.92 Å². The molecule has 1 aromatic heterocycles. The highest BCUT2D eigenvalue weighted by Crippen LogP contribution is 2.15. The number of hydrogen-bond donors (Lipinski definition) is 2. The summed E-state index contributed by atoms with van der Waals surface area (Å²) in [7, 11) is 0. The Bertz CT molecular complexity index is 463. The van der Waals surface area contributed by atoms with Crippen LogP contribution >= 0.6 is 24.0 Å². The van der Waals surface area contributed by atoms with Gasteiger partial charge in [0, 0.05) is 18.3 Å². The summed E-state index contributed by atoms with van der Waals surface area (Å²) in [6, 6.07) is 6.54. The van der Waals surface area contributed by atoms with Crippen LogP contribution in [0.5, 0.6) is 0 Å². The zero-order chi connectivity index (χ0) is 14.4. The molecular formula is C15H26IN5. The fourth-order valence-corrected chi connectivity index (χ4v) is 2.67. The number of halogens is 1. The van der Waals surface area contributed by atoms with Crippen molar-refractivity contribution in [3.8, 4) is 0 Å². The largest absolute Gasteiger partial charge is 0.370 e. The molecule has 1 unspecified atom stereocenters. The lowest BCUT2D eigenvalue weighted by atomic mass is 10.2. The summed E-state index contributed by atoms with van der Waals surface area (Å²) >= 11 is 0. The predicted molar refractivity (Wildman–Crippen MR) is 98.0 cm³/mol. The van der Waals surface area contributed by atoms with E-state index in [1.54, 1.807) is 0 Å². The number of rotatable bonds is 5. The fourth-order valence-electron chi connectivity index (χ4n) is 2.67. The van der Waals surface area contributed by atoms with Crippen molar-refractivity contribution in [1.29, 1.82) is 0 Å². The summed E-state index contributed by atoms with van der Waals surface area (Å²) in [6.07, 6.45) is 2.53. The van der Waals surface area contributed by atoms with E-state index in [1.807, 2.05) is 25.1 Å². The van der Waals surface area contributed by atoms with Crippen molar-refractivity contribution in [2.45, 2.75) is 39.3 Å². The average Bonchev–Trinajstić information content (AvgIpc) is 2.90. The first-order valence-electron chi connectivity index (χ1n) is 7.39. The van der Waals surface area contributed by atoms with Crippen molar-refractivity contribution < 1.29 is 0 Å². The molecule has 0 bridgehead atoms. The van der Waals surface area contributed by atoms with Crippen LogP contribution < -0.4 is 11.1 Å². The van der Waals surface area contributed by atoms with Crippen LogP contribution in [0.3, 0.4) is 0 Å². The summed E-state index contributed by atoms with van der Waals surface area (Å²) in [6.45, 7) is 7.91. The lowest BCUT2D eigenvalue weighted by molar-refractivity contribution is 0.267. The summed E-state index contributed by atoms with van der Waals surface area (Å²) in [4.78, 5) is 11.2. The molecule has 0 saturated carbocycles. The maximum Gasteiger partial charge on any atom is 0.189 e. The van der Waals surface area contributed by atoms with Gasteiger partial charge in [-0.15, -0.1) is 24.0 Å². The Hall–Kier alpha value is -0.890. The van der Waals surface area contributed by atoms with Gasteiger partial charge in [-0.3, -0.25) is 9.88 Å². The van der Waals surface area contributed by atoms with Gasteiger partial charge in [-0.1, -0.05) is 13.0 Å². The van der Waals surface area contributed by atoms with Crippen LogP contribution in [0.25, 0.3) is 0 Å². The van der Waals surface area contributed by atoms with Crippen molar-refractivity contribution in [2.24, 2.45) is 10.7 Å². The van der Waals surface area contributed by atoms with Gasteiger partial charge in [-0.2, -0.15) is 0 Å². The van der Waals surface area contributed by atoms with Crippen LogP contribution in [0.4, 0.5) is 0 Å². The summed E-state index contributed by atoms with van der Waals surface area (Å²) in [5, 5.41) is 3.23. The molecule has 2 rings (SSSR count). The molecule has 1 fully saturated rings. The normalized spacial score (nSPS) is 19.3. The van der Waals surface area contributed by atoms with E-state index >= 15 is 0 Å². The van der Waals surface area contributed by atoms with Gasteiger partial charge in [0.15, 0.2) is 5.96 Å². The van der Waals surface area contributed by atoms with Crippen LogP contribution in [0.1, 0.15) is 31.2 Å². The molecule has 1 saturated heterocycles. The maximum atomic E-state index is 5.92. The molecule has 1 aliphatic heterocycles. The standard InChI is InChI=1S/C15H25N5.HI/c1-3-20-9-5-8-14(20)11-18-15(16)17-10-13-7-4-6-12(2)19-13;/h4,6-7,14H,3,5,8-11H2,1-2H3,(H3,16,17,18);1H. The molecule has 1 atom stereocenters. The third-order valence-electron chi connectivity index (χ3n) is 3.78. The minimum atomic E-state index is 0. The number of guanidine groups is 1. The van der Waals surface area contributed by atoms with Gasteiger partial charge in [0.25, 0.3) is 0 Å². The number of aromatic nitrogens is 1. The molecule has 5 nitrogen and oxygen atoms in total. The van der Waals surface area contributed by atoms with E-state index in [0.717, 1.165) is 24.5 Å². The van der Waals surface area contributed by atoms with E-state index in [1.165, 1.54) is 19.4 Å². The minimum Gasteiger partial charge on any atom is -0.370 e. The van der Waals surface area contributed by atoms with E-state index in [2.05, 4.69) is 27.1 Å². The van der Waals surface area contributed by atoms with Gasteiger partial charge in [-0.05, 0) is 45.0 Å². The first kappa shape index (κ1) is 18.2. The maximum absolute atomic E-state index is 5.92. The second-order valence-corrected chi connectivity index (χ2v) is 5.28. The molecule has 118 valence electrons. The number of nitrogens with one attached hydrogen (secondary N) is 1. The SMILES string of the molecule is CCN1CCCC1CNC(N)=NCc1cccc(C)n1.I. The highest BCUT2D eigenvalue weighted by atomic mass is 127. The van der Waals surface area contributed by atoms with Crippen LogP contribution in [-0.4, -0.2) is 41.5 Å². The van der Waals surface area contributed by atoms with Crippen molar-refractivity contribution in [3.63, 3.8) is 0 Å². The van der Waals surface area contributed by atoms with Crippen molar-refractivity contribution >= 4 is 29.9 Å². The minimum absolute atomic E-state index is 0. The zero-order valence-electron chi connectivity index (χ0n) is 12.9. The Kier molecular flexibility index (Phi) is 7.95. The van der Waals surface area contributed by atoms with E-state index in [4.69, 9.17) is 5.73 Å². The molecule has 1 aromatic rings.